The van der Waals surface area contributed by atoms with Crippen molar-refractivity contribution in [2.75, 3.05) is 0 Å². The van der Waals surface area contributed by atoms with Gasteiger partial charge in [-0.15, -0.1) is 0 Å². The first-order valence-electron chi connectivity index (χ1n) is 7.04. The van der Waals surface area contributed by atoms with Crippen LogP contribution in [0.3, 0.4) is 0 Å². The summed E-state index contributed by atoms with van der Waals surface area (Å²) in [5.41, 5.74) is 12.3. The van der Waals surface area contributed by atoms with Crippen molar-refractivity contribution < 1.29 is 9.47 Å². The van der Waals surface area contributed by atoms with Crippen molar-refractivity contribution in [2.24, 2.45) is 11.5 Å². The molecule has 0 amide bonds. The van der Waals surface area contributed by atoms with Gasteiger partial charge in [0.15, 0.2) is 0 Å². The van der Waals surface area contributed by atoms with Crippen LogP contribution in [0, 0.1) is 0 Å². The Balaban J connectivity index is 2.34. The lowest BCUT2D eigenvalue weighted by Crippen LogP contribution is -2.65. The van der Waals surface area contributed by atoms with Crippen LogP contribution in [0.2, 0.25) is 0 Å². The fourth-order valence-corrected chi connectivity index (χ4v) is 2.15. The Morgan fingerprint density at radius 2 is 1.05 bits per heavy atom. The molecule has 0 aliphatic rings. The van der Waals surface area contributed by atoms with Crippen molar-refractivity contribution in [3.8, 4) is 11.5 Å². The summed E-state index contributed by atoms with van der Waals surface area (Å²) < 4.78 is 12.1. The molecule has 4 nitrogen and oxygen atoms in total. The fourth-order valence-electron chi connectivity index (χ4n) is 2.15. The van der Waals surface area contributed by atoms with Gasteiger partial charge in [-0.2, -0.15) is 0 Å². The van der Waals surface area contributed by atoms with Crippen LogP contribution in [0.1, 0.15) is 13.8 Å². The molecule has 0 aromatic heterocycles. The van der Waals surface area contributed by atoms with Crippen LogP contribution in [0.4, 0.5) is 0 Å². The van der Waals surface area contributed by atoms with Gasteiger partial charge in [-0.1, -0.05) is 36.4 Å². The zero-order valence-corrected chi connectivity index (χ0v) is 12.4. The number of hydrogen-bond acceptors (Lipinski definition) is 4. The van der Waals surface area contributed by atoms with Crippen molar-refractivity contribution in [3.05, 3.63) is 60.7 Å². The normalized spacial score (nSPS) is 14.3. The Kier molecular flexibility index (Phi) is 4.83. The van der Waals surface area contributed by atoms with Crippen molar-refractivity contribution in [1.82, 2.24) is 0 Å². The number of rotatable bonds is 6. The van der Waals surface area contributed by atoms with Gasteiger partial charge in [-0.25, -0.2) is 0 Å². The zero-order valence-electron chi connectivity index (χ0n) is 12.4. The fraction of sp³-hybridized carbons (Fsp3) is 0.294. The average molecular weight is 286 g/mol. The highest BCUT2D eigenvalue weighted by atomic mass is 16.7. The first-order chi connectivity index (χ1) is 10.0. The van der Waals surface area contributed by atoms with Gasteiger partial charge >= 0.3 is 0 Å². The Morgan fingerprint density at radius 1 is 0.714 bits per heavy atom. The largest absolute Gasteiger partial charge is 0.449 e. The quantitative estimate of drug-likeness (QED) is 0.801. The Labute approximate surface area is 125 Å². The highest BCUT2D eigenvalue weighted by molar-refractivity contribution is 5.25. The number of para-hydroxylation sites is 2. The SMILES string of the molecule is CC(N)C(Oc1ccccc1)(Oc1ccccc1)C(C)N. The third kappa shape index (κ3) is 3.54. The maximum absolute atomic E-state index is 6.14. The van der Waals surface area contributed by atoms with Crippen LogP contribution >= 0.6 is 0 Å². The Bertz CT molecular complexity index is 490. The summed E-state index contributed by atoms with van der Waals surface area (Å²) in [6, 6.07) is 18.0. The van der Waals surface area contributed by atoms with E-state index in [1.54, 1.807) is 0 Å². The highest BCUT2D eigenvalue weighted by Crippen LogP contribution is 2.27. The summed E-state index contributed by atoms with van der Waals surface area (Å²) in [5, 5.41) is 0. The second-order valence-corrected chi connectivity index (χ2v) is 5.13. The molecule has 2 aromatic rings. The van der Waals surface area contributed by atoms with E-state index in [-0.39, 0.29) is 0 Å². The van der Waals surface area contributed by atoms with E-state index >= 15 is 0 Å². The summed E-state index contributed by atoms with van der Waals surface area (Å²) in [7, 11) is 0. The van der Waals surface area contributed by atoms with Crippen molar-refractivity contribution in [3.63, 3.8) is 0 Å². The highest BCUT2D eigenvalue weighted by Gasteiger charge is 2.43. The molecule has 4 N–H and O–H groups in total. The maximum atomic E-state index is 6.14. The van der Waals surface area contributed by atoms with Crippen LogP contribution in [0.5, 0.6) is 11.5 Å². The van der Waals surface area contributed by atoms with Crippen LogP contribution in [-0.4, -0.2) is 17.9 Å². The molecule has 0 radical (unpaired) electrons. The molecule has 0 aliphatic carbocycles. The average Bonchev–Trinajstić information content (AvgIpc) is 2.48. The number of nitrogens with two attached hydrogens (primary N) is 2. The molecule has 2 atom stereocenters. The second-order valence-electron chi connectivity index (χ2n) is 5.13. The van der Waals surface area contributed by atoms with Gasteiger partial charge in [0.2, 0.25) is 0 Å². The van der Waals surface area contributed by atoms with E-state index in [2.05, 4.69) is 0 Å². The predicted octanol–water partition coefficient (Wildman–Crippen LogP) is 2.54. The molecule has 0 bridgehead atoms. The van der Waals surface area contributed by atoms with E-state index in [0.717, 1.165) is 0 Å². The van der Waals surface area contributed by atoms with Crippen LogP contribution in [0.15, 0.2) is 60.7 Å². The lowest BCUT2D eigenvalue weighted by atomic mass is 10.0. The molecular weight excluding hydrogens is 264 g/mol. The molecular formula is C17H22N2O2. The topological polar surface area (TPSA) is 70.5 Å². The standard InChI is InChI=1S/C17H22N2O2/c1-13(18)17(14(2)19,20-15-9-5-3-6-10-15)21-16-11-7-4-8-12-16/h3-14H,18-19H2,1-2H3. The molecule has 2 rings (SSSR count). The van der Waals surface area contributed by atoms with Crippen LogP contribution < -0.4 is 20.9 Å². The number of hydrogen-bond donors (Lipinski definition) is 2. The zero-order chi connectivity index (χ0) is 15.3. The molecule has 21 heavy (non-hydrogen) atoms. The monoisotopic (exact) mass is 286 g/mol. The molecule has 0 saturated carbocycles. The molecule has 0 heterocycles. The van der Waals surface area contributed by atoms with E-state index in [1.807, 2.05) is 74.5 Å². The summed E-state index contributed by atoms with van der Waals surface area (Å²) in [5.74, 6) is 0.203. The molecule has 2 unspecified atom stereocenters. The smallest absolute Gasteiger partial charge is 0.280 e. The first kappa shape index (κ1) is 15.4. The van der Waals surface area contributed by atoms with Crippen molar-refractivity contribution >= 4 is 0 Å². The Hall–Kier alpha value is -2.04. The summed E-state index contributed by atoms with van der Waals surface area (Å²) in [6.45, 7) is 3.66. The third-order valence-corrected chi connectivity index (χ3v) is 3.31. The summed E-state index contributed by atoms with van der Waals surface area (Å²) in [6.07, 6.45) is 0. The first-order valence-corrected chi connectivity index (χ1v) is 7.04. The van der Waals surface area contributed by atoms with E-state index < -0.39 is 17.9 Å². The van der Waals surface area contributed by atoms with Crippen LogP contribution in [0.25, 0.3) is 0 Å². The molecule has 0 fully saturated rings. The molecule has 2 aromatic carbocycles. The van der Waals surface area contributed by atoms with E-state index in [0.29, 0.717) is 11.5 Å². The molecule has 112 valence electrons. The lowest BCUT2D eigenvalue weighted by Gasteiger charge is -2.40. The second kappa shape index (κ2) is 6.61. The Morgan fingerprint density at radius 3 is 1.33 bits per heavy atom. The molecule has 0 spiro atoms. The van der Waals surface area contributed by atoms with E-state index in [9.17, 15) is 0 Å². The van der Waals surface area contributed by atoms with Gasteiger partial charge in [0.25, 0.3) is 5.79 Å². The molecule has 0 saturated heterocycles. The van der Waals surface area contributed by atoms with Gasteiger partial charge in [0.1, 0.15) is 11.5 Å². The van der Waals surface area contributed by atoms with Gasteiger partial charge in [-0.05, 0) is 38.1 Å². The third-order valence-electron chi connectivity index (χ3n) is 3.31. The van der Waals surface area contributed by atoms with Gasteiger partial charge in [0.05, 0.1) is 12.1 Å². The number of benzene rings is 2. The minimum atomic E-state index is -1.14. The summed E-state index contributed by atoms with van der Waals surface area (Å²) in [4.78, 5) is 0. The minimum Gasteiger partial charge on any atom is -0.449 e. The lowest BCUT2D eigenvalue weighted by molar-refractivity contribution is -0.141. The van der Waals surface area contributed by atoms with E-state index in [4.69, 9.17) is 20.9 Å². The van der Waals surface area contributed by atoms with Gasteiger partial charge < -0.3 is 20.9 Å². The van der Waals surface area contributed by atoms with Crippen molar-refractivity contribution in [1.29, 1.82) is 0 Å². The van der Waals surface area contributed by atoms with Crippen LogP contribution in [-0.2, 0) is 0 Å². The summed E-state index contributed by atoms with van der Waals surface area (Å²) >= 11 is 0. The van der Waals surface area contributed by atoms with E-state index in [1.165, 1.54) is 0 Å². The maximum Gasteiger partial charge on any atom is 0.280 e. The van der Waals surface area contributed by atoms with Gasteiger partial charge in [-0.3, -0.25) is 0 Å². The molecule has 4 heteroatoms. The molecule has 0 aliphatic heterocycles. The van der Waals surface area contributed by atoms with Crippen molar-refractivity contribution in [2.45, 2.75) is 31.7 Å². The number of ether oxygens (including phenoxy) is 2. The predicted molar refractivity (Wildman–Crippen MR) is 84.2 cm³/mol. The minimum absolute atomic E-state index is 0.419. The van der Waals surface area contributed by atoms with Gasteiger partial charge in [0, 0.05) is 0 Å².